The molecule has 2 aromatic rings. The fourth-order valence-corrected chi connectivity index (χ4v) is 2.48. The van der Waals surface area contributed by atoms with Gasteiger partial charge in [-0.3, -0.25) is 4.79 Å². The first-order valence-electron chi connectivity index (χ1n) is 4.85. The van der Waals surface area contributed by atoms with Crippen LogP contribution >= 0.6 is 11.3 Å². The van der Waals surface area contributed by atoms with Gasteiger partial charge >= 0.3 is 5.97 Å². The SMILES string of the molecule is COC(=O)c1scc(C)c1-c1ncc[nH]c1=O. The number of carbonyl (C=O) groups excluding carboxylic acids is 1. The molecular formula is C11H10N2O3S. The number of aryl methyl sites for hydroxylation is 1. The van der Waals surface area contributed by atoms with Crippen LogP contribution in [0.25, 0.3) is 11.3 Å². The summed E-state index contributed by atoms with van der Waals surface area (Å²) >= 11 is 1.25. The Morgan fingerprint density at radius 1 is 1.53 bits per heavy atom. The number of hydrogen-bond donors (Lipinski definition) is 1. The average molecular weight is 250 g/mol. The molecule has 1 N–H and O–H groups in total. The van der Waals surface area contributed by atoms with Crippen LogP contribution in [0.1, 0.15) is 15.2 Å². The molecule has 17 heavy (non-hydrogen) atoms. The third-order valence-electron chi connectivity index (χ3n) is 2.29. The second-order valence-corrected chi connectivity index (χ2v) is 4.26. The third-order valence-corrected chi connectivity index (χ3v) is 3.37. The van der Waals surface area contributed by atoms with Gasteiger partial charge in [0.15, 0.2) is 0 Å². The molecule has 2 aromatic heterocycles. The molecule has 0 bridgehead atoms. The zero-order valence-electron chi connectivity index (χ0n) is 9.31. The number of thiophene rings is 1. The van der Waals surface area contributed by atoms with Gasteiger partial charge in [-0.15, -0.1) is 11.3 Å². The van der Waals surface area contributed by atoms with Gasteiger partial charge in [0.05, 0.1) is 7.11 Å². The van der Waals surface area contributed by atoms with Crippen molar-refractivity contribution >= 4 is 17.3 Å². The first-order chi connectivity index (χ1) is 8.15. The summed E-state index contributed by atoms with van der Waals surface area (Å²) in [4.78, 5) is 30.2. The van der Waals surface area contributed by atoms with E-state index in [1.54, 1.807) is 5.38 Å². The summed E-state index contributed by atoms with van der Waals surface area (Å²) in [5.74, 6) is -0.455. The summed E-state index contributed by atoms with van der Waals surface area (Å²) in [5, 5.41) is 1.80. The first-order valence-corrected chi connectivity index (χ1v) is 5.73. The van der Waals surface area contributed by atoms with Crippen LogP contribution in [0, 0.1) is 6.92 Å². The zero-order chi connectivity index (χ0) is 12.4. The van der Waals surface area contributed by atoms with Crippen molar-refractivity contribution in [3.05, 3.63) is 38.6 Å². The minimum absolute atomic E-state index is 0.242. The molecule has 0 aromatic carbocycles. The molecule has 0 aliphatic heterocycles. The van der Waals surface area contributed by atoms with E-state index in [2.05, 4.69) is 14.7 Å². The van der Waals surface area contributed by atoms with Crippen LogP contribution in [0.2, 0.25) is 0 Å². The summed E-state index contributed by atoms with van der Waals surface area (Å²) in [5.41, 5.74) is 1.30. The van der Waals surface area contributed by atoms with Crippen LogP contribution < -0.4 is 5.56 Å². The number of nitrogens with one attached hydrogen (secondary N) is 1. The summed E-state index contributed by atoms with van der Waals surface area (Å²) in [6, 6.07) is 0. The number of H-pyrrole nitrogens is 1. The van der Waals surface area contributed by atoms with Crippen LogP contribution in [-0.2, 0) is 4.74 Å². The molecule has 2 heterocycles. The van der Waals surface area contributed by atoms with Crippen molar-refractivity contribution in [1.29, 1.82) is 0 Å². The molecule has 0 radical (unpaired) electrons. The molecule has 0 saturated heterocycles. The van der Waals surface area contributed by atoms with Crippen molar-refractivity contribution in [3.8, 4) is 11.3 Å². The second kappa shape index (κ2) is 4.50. The standard InChI is InChI=1S/C11H10N2O3S/c1-6-5-17-9(11(15)16-2)7(6)8-10(14)13-4-3-12-8/h3-5H,1-2H3,(H,13,14). The minimum atomic E-state index is -0.455. The van der Waals surface area contributed by atoms with Crippen LogP contribution in [0.15, 0.2) is 22.6 Å². The third kappa shape index (κ3) is 1.99. The number of esters is 1. The predicted octanol–water partition coefficient (Wildman–Crippen LogP) is 1.59. The highest BCUT2D eigenvalue weighted by Crippen LogP contribution is 2.29. The maximum atomic E-state index is 11.7. The van der Waals surface area contributed by atoms with E-state index in [1.807, 2.05) is 6.92 Å². The Morgan fingerprint density at radius 2 is 2.29 bits per heavy atom. The number of methoxy groups -OCH3 is 1. The summed E-state index contributed by atoms with van der Waals surface area (Å²) < 4.78 is 4.68. The highest BCUT2D eigenvalue weighted by molar-refractivity contribution is 7.12. The number of aromatic nitrogens is 2. The van der Waals surface area contributed by atoms with Crippen molar-refractivity contribution in [2.24, 2.45) is 0 Å². The van der Waals surface area contributed by atoms with Crippen molar-refractivity contribution < 1.29 is 9.53 Å². The van der Waals surface area contributed by atoms with Crippen molar-refractivity contribution in [1.82, 2.24) is 9.97 Å². The van der Waals surface area contributed by atoms with E-state index in [0.29, 0.717) is 10.4 Å². The molecule has 0 amide bonds. The van der Waals surface area contributed by atoms with Gasteiger partial charge in [0, 0.05) is 18.0 Å². The molecular weight excluding hydrogens is 240 g/mol. The van der Waals surface area contributed by atoms with Gasteiger partial charge in [-0.1, -0.05) is 0 Å². The number of ether oxygens (including phenoxy) is 1. The van der Waals surface area contributed by atoms with Crippen molar-refractivity contribution in [3.63, 3.8) is 0 Å². The molecule has 0 unspecified atom stereocenters. The number of aromatic amines is 1. The Bertz CT molecular complexity index is 615. The van der Waals surface area contributed by atoms with Crippen LogP contribution in [0.4, 0.5) is 0 Å². The first kappa shape index (κ1) is 11.5. The molecule has 5 nitrogen and oxygen atoms in total. The molecule has 2 rings (SSSR count). The summed E-state index contributed by atoms with van der Waals surface area (Å²) in [7, 11) is 1.31. The fraction of sp³-hybridized carbons (Fsp3) is 0.182. The Morgan fingerprint density at radius 3 is 2.94 bits per heavy atom. The van der Waals surface area contributed by atoms with Gasteiger partial charge in [-0.25, -0.2) is 9.78 Å². The van der Waals surface area contributed by atoms with Gasteiger partial charge < -0.3 is 9.72 Å². The lowest BCUT2D eigenvalue weighted by Crippen LogP contribution is -2.12. The average Bonchev–Trinajstić information content (AvgIpc) is 2.71. The van der Waals surface area contributed by atoms with Gasteiger partial charge in [0.25, 0.3) is 5.56 Å². The molecule has 6 heteroatoms. The van der Waals surface area contributed by atoms with Gasteiger partial charge in [-0.2, -0.15) is 0 Å². The highest BCUT2D eigenvalue weighted by Gasteiger charge is 2.20. The van der Waals surface area contributed by atoms with Gasteiger partial charge in [0.2, 0.25) is 0 Å². The topological polar surface area (TPSA) is 72.0 Å². The summed E-state index contributed by atoms with van der Waals surface area (Å²) in [6.45, 7) is 1.83. The van der Waals surface area contributed by atoms with Crippen molar-refractivity contribution in [2.75, 3.05) is 7.11 Å². The lowest BCUT2D eigenvalue weighted by Gasteiger charge is -2.02. The zero-order valence-corrected chi connectivity index (χ0v) is 10.1. The Labute approximate surface area is 101 Å². The quantitative estimate of drug-likeness (QED) is 0.821. The molecule has 0 aliphatic rings. The second-order valence-electron chi connectivity index (χ2n) is 3.38. The van der Waals surface area contributed by atoms with Crippen molar-refractivity contribution in [2.45, 2.75) is 6.92 Å². The smallest absolute Gasteiger partial charge is 0.348 e. The van der Waals surface area contributed by atoms with Crippen LogP contribution in [0.3, 0.4) is 0 Å². The highest BCUT2D eigenvalue weighted by atomic mass is 32.1. The largest absolute Gasteiger partial charge is 0.465 e. The van der Waals surface area contributed by atoms with Crippen LogP contribution in [0.5, 0.6) is 0 Å². The van der Waals surface area contributed by atoms with E-state index in [1.165, 1.54) is 30.8 Å². The van der Waals surface area contributed by atoms with E-state index >= 15 is 0 Å². The Hall–Kier alpha value is -1.95. The number of rotatable bonds is 2. The summed E-state index contributed by atoms with van der Waals surface area (Å²) in [6.07, 6.45) is 2.93. The van der Waals surface area contributed by atoms with Gasteiger partial charge in [-0.05, 0) is 17.9 Å². The lowest BCUT2D eigenvalue weighted by atomic mass is 10.1. The monoisotopic (exact) mass is 250 g/mol. The predicted molar refractivity (Wildman–Crippen MR) is 64.2 cm³/mol. The normalized spacial score (nSPS) is 10.2. The minimum Gasteiger partial charge on any atom is -0.465 e. The van der Waals surface area contributed by atoms with Crippen LogP contribution in [-0.4, -0.2) is 23.0 Å². The molecule has 0 spiro atoms. The number of hydrogen-bond acceptors (Lipinski definition) is 5. The lowest BCUT2D eigenvalue weighted by molar-refractivity contribution is 0.0607. The molecule has 88 valence electrons. The maximum absolute atomic E-state index is 11.7. The fourth-order valence-electron chi connectivity index (χ4n) is 1.51. The van der Waals surface area contributed by atoms with Gasteiger partial charge in [0.1, 0.15) is 10.6 Å². The molecule has 0 aliphatic carbocycles. The molecule has 0 fully saturated rings. The maximum Gasteiger partial charge on any atom is 0.348 e. The van der Waals surface area contributed by atoms with E-state index in [9.17, 15) is 9.59 Å². The van der Waals surface area contributed by atoms with E-state index in [4.69, 9.17) is 0 Å². The Kier molecular flexibility index (Phi) is 3.06. The van der Waals surface area contributed by atoms with E-state index in [-0.39, 0.29) is 11.3 Å². The number of nitrogens with zero attached hydrogens (tertiary/aromatic N) is 1. The molecule has 0 atom stereocenters. The molecule has 0 saturated carbocycles. The Balaban J connectivity index is 2.67. The number of carbonyl (C=O) groups is 1. The van der Waals surface area contributed by atoms with E-state index < -0.39 is 5.97 Å². The van der Waals surface area contributed by atoms with E-state index in [0.717, 1.165) is 5.56 Å².